The Labute approximate surface area is 155 Å². The summed E-state index contributed by atoms with van der Waals surface area (Å²) in [5.74, 6) is 0.269. The maximum absolute atomic E-state index is 12.4. The fraction of sp³-hybridized carbons (Fsp3) is 0.556. The summed E-state index contributed by atoms with van der Waals surface area (Å²) in [7, 11) is -3.48. The molecular formula is C18H27N3O4S. The van der Waals surface area contributed by atoms with E-state index in [1.807, 2.05) is 12.1 Å². The number of hydrogen-bond acceptors (Lipinski definition) is 4. The first-order valence-corrected chi connectivity index (χ1v) is 10.6. The SMILES string of the molecule is CC(C)c1ccc(N(CCC(=O)N2CCN(C=O)CC2)S(C)(=O)=O)cc1. The normalized spacial score (nSPS) is 15.2. The monoisotopic (exact) mass is 381 g/mol. The Bertz CT molecular complexity index is 723. The van der Waals surface area contributed by atoms with Gasteiger partial charge in [0.25, 0.3) is 0 Å². The molecule has 0 aliphatic carbocycles. The summed E-state index contributed by atoms with van der Waals surface area (Å²) in [5, 5.41) is 0. The van der Waals surface area contributed by atoms with E-state index in [2.05, 4.69) is 13.8 Å². The minimum atomic E-state index is -3.48. The van der Waals surface area contributed by atoms with Gasteiger partial charge in [-0.05, 0) is 23.6 Å². The molecule has 0 aromatic heterocycles. The van der Waals surface area contributed by atoms with Crippen molar-refractivity contribution < 1.29 is 18.0 Å². The Morgan fingerprint density at radius 2 is 1.73 bits per heavy atom. The summed E-state index contributed by atoms with van der Waals surface area (Å²) >= 11 is 0. The van der Waals surface area contributed by atoms with Crippen molar-refractivity contribution in [2.24, 2.45) is 0 Å². The van der Waals surface area contributed by atoms with Gasteiger partial charge in [0.1, 0.15) is 0 Å². The third kappa shape index (κ3) is 5.20. The minimum Gasteiger partial charge on any atom is -0.342 e. The maximum Gasteiger partial charge on any atom is 0.232 e. The second-order valence-electron chi connectivity index (χ2n) is 6.85. The van der Waals surface area contributed by atoms with Crippen molar-refractivity contribution in [3.8, 4) is 0 Å². The molecule has 1 saturated heterocycles. The zero-order chi connectivity index (χ0) is 19.3. The van der Waals surface area contributed by atoms with Crippen molar-refractivity contribution in [1.82, 2.24) is 9.80 Å². The molecule has 2 amide bonds. The second-order valence-corrected chi connectivity index (χ2v) is 8.76. The summed E-state index contributed by atoms with van der Waals surface area (Å²) in [4.78, 5) is 26.4. The molecule has 0 atom stereocenters. The molecule has 7 nitrogen and oxygen atoms in total. The topological polar surface area (TPSA) is 78.0 Å². The van der Waals surface area contributed by atoms with Crippen LogP contribution >= 0.6 is 0 Å². The molecule has 0 N–H and O–H groups in total. The number of carbonyl (C=O) groups excluding carboxylic acids is 2. The van der Waals surface area contributed by atoms with Gasteiger partial charge in [-0.1, -0.05) is 26.0 Å². The van der Waals surface area contributed by atoms with E-state index in [9.17, 15) is 18.0 Å². The molecule has 1 heterocycles. The van der Waals surface area contributed by atoms with Crippen LogP contribution in [0.2, 0.25) is 0 Å². The van der Waals surface area contributed by atoms with Crippen molar-refractivity contribution in [3.63, 3.8) is 0 Å². The molecule has 0 bridgehead atoms. The molecule has 1 aliphatic heterocycles. The molecule has 0 saturated carbocycles. The van der Waals surface area contributed by atoms with Gasteiger partial charge in [-0.2, -0.15) is 0 Å². The zero-order valence-electron chi connectivity index (χ0n) is 15.6. The molecule has 1 aromatic rings. The van der Waals surface area contributed by atoms with Crippen molar-refractivity contribution in [3.05, 3.63) is 29.8 Å². The Hall–Kier alpha value is -2.09. The van der Waals surface area contributed by atoms with Crippen LogP contribution < -0.4 is 4.31 Å². The molecule has 26 heavy (non-hydrogen) atoms. The molecule has 8 heteroatoms. The third-order valence-electron chi connectivity index (χ3n) is 4.59. The predicted molar refractivity (Wildman–Crippen MR) is 102 cm³/mol. The first-order chi connectivity index (χ1) is 12.2. The minimum absolute atomic E-state index is 0.0944. The molecule has 0 spiro atoms. The summed E-state index contributed by atoms with van der Waals surface area (Å²) in [6.45, 7) is 6.26. The number of anilines is 1. The highest BCUT2D eigenvalue weighted by Crippen LogP contribution is 2.22. The van der Waals surface area contributed by atoms with E-state index in [4.69, 9.17) is 0 Å². The predicted octanol–water partition coefficient (Wildman–Crippen LogP) is 1.27. The average molecular weight is 381 g/mol. The molecule has 2 rings (SSSR count). The number of sulfonamides is 1. The largest absolute Gasteiger partial charge is 0.342 e. The van der Waals surface area contributed by atoms with E-state index in [0.717, 1.165) is 18.2 Å². The number of piperazine rings is 1. The van der Waals surface area contributed by atoms with Crippen LogP contribution in [0.1, 0.15) is 31.7 Å². The first kappa shape index (κ1) is 20.2. The molecule has 1 fully saturated rings. The third-order valence-corrected chi connectivity index (χ3v) is 5.79. The number of amides is 2. The summed E-state index contributed by atoms with van der Waals surface area (Å²) < 4.78 is 25.6. The zero-order valence-corrected chi connectivity index (χ0v) is 16.4. The van der Waals surface area contributed by atoms with E-state index in [0.29, 0.717) is 37.8 Å². The Morgan fingerprint density at radius 3 is 2.19 bits per heavy atom. The van der Waals surface area contributed by atoms with E-state index in [-0.39, 0.29) is 18.9 Å². The average Bonchev–Trinajstić information content (AvgIpc) is 2.61. The molecule has 0 radical (unpaired) electrons. The van der Waals surface area contributed by atoms with Gasteiger partial charge in [0.05, 0.1) is 11.9 Å². The van der Waals surface area contributed by atoms with Gasteiger partial charge in [0, 0.05) is 39.1 Å². The van der Waals surface area contributed by atoms with Gasteiger partial charge >= 0.3 is 0 Å². The molecule has 1 aliphatic rings. The van der Waals surface area contributed by atoms with Crippen LogP contribution in [-0.2, 0) is 19.6 Å². The van der Waals surface area contributed by atoms with Crippen LogP contribution in [0.5, 0.6) is 0 Å². The lowest BCUT2D eigenvalue weighted by atomic mass is 10.0. The molecule has 0 unspecified atom stereocenters. The highest BCUT2D eigenvalue weighted by Gasteiger charge is 2.23. The number of carbonyl (C=O) groups is 2. The van der Waals surface area contributed by atoms with Gasteiger partial charge < -0.3 is 9.80 Å². The van der Waals surface area contributed by atoms with Gasteiger partial charge in [0.15, 0.2) is 0 Å². The summed E-state index contributed by atoms with van der Waals surface area (Å²) in [5.41, 5.74) is 1.70. The Kier molecular flexibility index (Phi) is 6.63. The number of benzene rings is 1. The van der Waals surface area contributed by atoms with Crippen molar-refractivity contribution in [2.45, 2.75) is 26.2 Å². The van der Waals surface area contributed by atoms with Crippen molar-refractivity contribution in [2.75, 3.05) is 43.3 Å². The lowest BCUT2D eigenvalue weighted by Gasteiger charge is -2.33. The smallest absolute Gasteiger partial charge is 0.232 e. The number of rotatable bonds is 7. The van der Waals surface area contributed by atoms with Crippen LogP contribution in [0.15, 0.2) is 24.3 Å². The van der Waals surface area contributed by atoms with Gasteiger partial charge in [-0.15, -0.1) is 0 Å². The number of hydrogen-bond donors (Lipinski definition) is 0. The first-order valence-electron chi connectivity index (χ1n) is 8.77. The van der Waals surface area contributed by atoms with Gasteiger partial charge in [-0.3, -0.25) is 13.9 Å². The van der Waals surface area contributed by atoms with E-state index < -0.39 is 10.0 Å². The van der Waals surface area contributed by atoms with E-state index >= 15 is 0 Å². The lowest BCUT2D eigenvalue weighted by Crippen LogP contribution is -2.48. The Balaban J connectivity index is 2.02. The van der Waals surface area contributed by atoms with E-state index in [1.165, 1.54) is 4.31 Å². The fourth-order valence-electron chi connectivity index (χ4n) is 2.94. The van der Waals surface area contributed by atoms with Crippen LogP contribution in [0.3, 0.4) is 0 Å². The number of nitrogens with zero attached hydrogens (tertiary/aromatic N) is 3. The quantitative estimate of drug-likeness (QED) is 0.667. The van der Waals surface area contributed by atoms with Crippen LogP contribution in [0.25, 0.3) is 0 Å². The molecular weight excluding hydrogens is 354 g/mol. The fourth-order valence-corrected chi connectivity index (χ4v) is 3.87. The van der Waals surface area contributed by atoms with E-state index in [1.54, 1.807) is 21.9 Å². The van der Waals surface area contributed by atoms with Crippen molar-refractivity contribution in [1.29, 1.82) is 0 Å². The van der Waals surface area contributed by atoms with Crippen LogP contribution in [-0.4, -0.2) is 69.5 Å². The van der Waals surface area contributed by atoms with Crippen LogP contribution in [0, 0.1) is 0 Å². The highest BCUT2D eigenvalue weighted by molar-refractivity contribution is 7.92. The Morgan fingerprint density at radius 1 is 1.15 bits per heavy atom. The summed E-state index contributed by atoms with van der Waals surface area (Å²) in [6, 6.07) is 7.39. The standard InChI is InChI=1S/C18H27N3O4S/c1-15(2)16-4-6-17(7-5-16)21(26(3,24)25)9-8-18(23)20-12-10-19(14-22)11-13-20/h4-7,14-15H,8-13H2,1-3H3. The molecule has 144 valence electrons. The van der Waals surface area contributed by atoms with Gasteiger partial charge in [0.2, 0.25) is 22.3 Å². The maximum atomic E-state index is 12.4. The van der Waals surface area contributed by atoms with Gasteiger partial charge in [-0.25, -0.2) is 8.42 Å². The van der Waals surface area contributed by atoms with Crippen LogP contribution in [0.4, 0.5) is 5.69 Å². The summed E-state index contributed by atoms with van der Waals surface area (Å²) in [6.07, 6.45) is 2.05. The van der Waals surface area contributed by atoms with Crippen molar-refractivity contribution >= 4 is 28.0 Å². The highest BCUT2D eigenvalue weighted by atomic mass is 32.2. The molecule has 1 aromatic carbocycles. The second kappa shape index (κ2) is 8.53. The lowest BCUT2D eigenvalue weighted by molar-refractivity contribution is -0.134.